The summed E-state index contributed by atoms with van der Waals surface area (Å²) in [6, 6.07) is 4.95. The van der Waals surface area contributed by atoms with E-state index in [0.29, 0.717) is 22.3 Å². The lowest BCUT2D eigenvalue weighted by molar-refractivity contribution is 0.0694. The van der Waals surface area contributed by atoms with E-state index in [1.165, 1.54) is 7.11 Å². The third-order valence-corrected chi connectivity index (χ3v) is 3.12. The van der Waals surface area contributed by atoms with Crippen LogP contribution in [0.3, 0.4) is 0 Å². The van der Waals surface area contributed by atoms with E-state index in [9.17, 15) is 9.59 Å². The molecule has 1 N–H and O–H groups in total. The smallest absolute Gasteiger partial charge is 0.341 e. The molecule has 1 aromatic heterocycles. The topological polar surface area (TPSA) is 68.5 Å². The molecule has 0 atom stereocenters. The number of hydrogen-bond donors (Lipinski definition) is 1. The number of hydrogen-bond acceptors (Lipinski definition) is 3. The van der Waals surface area contributed by atoms with E-state index in [1.807, 2.05) is 0 Å². The zero-order valence-corrected chi connectivity index (χ0v) is 10.4. The highest BCUT2D eigenvalue weighted by Crippen LogP contribution is 2.20. The van der Waals surface area contributed by atoms with Gasteiger partial charge in [-0.1, -0.05) is 0 Å². The summed E-state index contributed by atoms with van der Waals surface area (Å²) in [5.74, 6) is -0.578. The van der Waals surface area contributed by atoms with Gasteiger partial charge in [0.1, 0.15) is 11.3 Å². The fraction of sp³-hybridized carbons (Fsp3) is 0.231. The third-order valence-electron chi connectivity index (χ3n) is 3.12. The molecule has 1 heterocycles. The van der Waals surface area contributed by atoms with Crippen molar-refractivity contribution in [2.45, 2.75) is 6.92 Å². The standard InChI is InChI=1S/C13H13NO4/c1-7-11(13(16)17)12(15)9-5-4-8(18-3)6-10(9)14(7)2/h4-6H,1-3H3,(H,16,17). The van der Waals surface area contributed by atoms with Crippen LogP contribution in [-0.4, -0.2) is 22.8 Å². The molecule has 0 saturated heterocycles. The molecule has 0 spiro atoms. The summed E-state index contributed by atoms with van der Waals surface area (Å²) in [4.78, 5) is 23.2. The van der Waals surface area contributed by atoms with E-state index in [-0.39, 0.29) is 5.56 Å². The molecule has 5 heteroatoms. The van der Waals surface area contributed by atoms with Crippen molar-refractivity contribution in [3.8, 4) is 5.75 Å². The maximum atomic E-state index is 12.1. The van der Waals surface area contributed by atoms with E-state index in [0.717, 1.165) is 0 Å². The van der Waals surface area contributed by atoms with Gasteiger partial charge in [0.2, 0.25) is 5.43 Å². The van der Waals surface area contributed by atoms with E-state index in [2.05, 4.69) is 0 Å². The van der Waals surface area contributed by atoms with Gasteiger partial charge in [-0.25, -0.2) is 4.79 Å². The van der Waals surface area contributed by atoms with Gasteiger partial charge in [-0.2, -0.15) is 0 Å². The van der Waals surface area contributed by atoms with Crippen molar-refractivity contribution in [2.24, 2.45) is 7.05 Å². The number of ether oxygens (including phenoxy) is 1. The van der Waals surface area contributed by atoms with Crippen molar-refractivity contribution >= 4 is 16.9 Å². The van der Waals surface area contributed by atoms with Gasteiger partial charge in [0.25, 0.3) is 0 Å². The maximum Gasteiger partial charge on any atom is 0.341 e. The maximum absolute atomic E-state index is 12.1. The minimum atomic E-state index is -1.20. The van der Waals surface area contributed by atoms with Crippen molar-refractivity contribution in [3.63, 3.8) is 0 Å². The van der Waals surface area contributed by atoms with E-state index >= 15 is 0 Å². The first kappa shape index (κ1) is 12.2. The van der Waals surface area contributed by atoms with Crippen molar-refractivity contribution in [1.82, 2.24) is 4.57 Å². The Labute approximate surface area is 103 Å². The van der Waals surface area contributed by atoms with E-state index < -0.39 is 11.4 Å². The average molecular weight is 247 g/mol. The number of benzene rings is 1. The van der Waals surface area contributed by atoms with E-state index in [1.54, 1.807) is 36.7 Å². The number of carboxylic acid groups (broad SMARTS) is 1. The summed E-state index contributed by atoms with van der Waals surface area (Å²) < 4.78 is 6.79. The summed E-state index contributed by atoms with van der Waals surface area (Å²) in [5, 5.41) is 9.47. The van der Waals surface area contributed by atoms with Gasteiger partial charge >= 0.3 is 5.97 Å². The van der Waals surface area contributed by atoms with Crippen LogP contribution in [0, 0.1) is 6.92 Å². The Morgan fingerprint density at radius 3 is 2.61 bits per heavy atom. The number of carboxylic acids is 1. The number of rotatable bonds is 2. The van der Waals surface area contributed by atoms with Gasteiger partial charge in [-0.3, -0.25) is 4.79 Å². The van der Waals surface area contributed by atoms with Crippen LogP contribution < -0.4 is 10.2 Å². The fourth-order valence-electron chi connectivity index (χ4n) is 2.01. The summed E-state index contributed by atoms with van der Waals surface area (Å²) in [5.41, 5.74) is 0.432. The van der Waals surface area contributed by atoms with Crippen LogP contribution >= 0.6 is 0 Å². The Morgan fingerprint density at radius 1 is 1.39 bits per heavy atom. The first-order valence-corrected chi connectivity index (χ1v) is 5.38. The minimum Gasteiger partial charge on any atom is -0.497 e. The summed E-state index contributed by atoms with van der Waals surface area (Å²) in [7, 11) is 3.26. The zero-order valence-electron chi connectivity index (χ0n) is 10.4. The van der Waals surface area contributed by atoms with Crippen LogP contribution in [0.25, 0.3) is 10.9 Å². The van der Waals surface area contributed by atoms with Gasteiger partial charge in [0.05, 0.1) is 12.6 Å². The molecule has 0 aliphatic heterocycles. The molecule has 0 bridgehead atoms. The second-order valence-electron chi connectivity index (χ2n) is 4.04. The van der Waals surface area contributed by atoms with Gasteiger partial charge in [-0.05, 0) is 19.1 Å². The predicted octanol–water partition coefficient (Wildman–Crippen LogP) is 1.55. The molecule has 2 rings (SSSR count). The first-order valence-electron chi connectivity index (χ1n) is 5.38. The highest BCUT2D eigenvalue weighted by atomic mass is 16.5. The third kappa shape index (κ3) is 1.64. The molecule has 1 aromatic carbocycles. The SMILES string of the molecule is COc1ccc2c(=O)c(C(=O)O)c(C)n(C)c2c1. The molecule has 0 aliphatic carbocycles. The lowest BCUT2D eigenvalue weighted by Crippen LogP contribution is -2.21. The van der Waals surface area contributed by atoms with Gasteiger partial charge in [0.15, 0.2) is 0 Å². The summed E-state index contributed by atoms with van der Waals surface area (Å²) in [6.07, 6.45) is 0. The quantitative estimate of drug-likeness (QED) is 0.874. The molecule has 0 saturated carbocycles. The van der Waals surface area contributed by atoms with Crippen LogP contribution in [-0.2, 0) is 7.05 Å². The van der Waals surface area contributed by atoms with Crippen molar-refractivity contribution in [1.29, 1.82) is 0 Å². The van der Waals surface area contributed by atoms with Gasteiger partial charge in [-0.15, -0.1) is 0 Å². The molecule has 0 radical (unpaired) electrons. The van der Waals surface area contributed by atoms with Gasteiger partial charge < -0.3 is 14.4 Å². The number of methoxy groups -OCH3 is 1. The number of aryl methyl sites for hydroxylation is 1. The number of pyridine rings is 1. The highest BCUT2D eigenvalue weighted by Gasteiger charge is 2.17. The molecule has 0 amide bonds. The molecule has 2 aromatic rings. The van der Waals surface area contributed by atoms with Crippen LogP contribution in [0.1, 0.15) is 16.1 Å². The van der Waals surface area contributed by atoms with Crippen LogP contribution in [0.2, 0.25) is 0 Å². The van der Waals surface area contributed by atoms with Crippen molar-refractivity contribution < 1.29 is 14.6 Å². The fourth-order valence-corrected chi connectivity index (χ4v) is 2.01. The molecule has 94 valence electrons. The summed E-state index contributed by atoms with van der Waals surface area (Å²) in [6.45, 7) is 1.61. The van der Waals surface area contributed by atoms with Gasteiger partial charge in [0, 0.05) is 24.2 Å². The number of carbonyl (C=O) groups is 1. The van der Waals surface area contributed by atoms with Crippen molar-refractivity contribution in [2.75, 3.05) is 7.11 Å². The Kier molecular flexibility index (Phi) is 2.82. The van der Waals surface area contributed by atoms with Crippen LogP contribution in [0.4, 0.5) is 0 Å². The normalized spacial score (nSPS) is 10.6. The highest BCUT2D eigenvalue weighted by molar-refractivity contribution is 5.94. The summed E-state index contributed by atoms with van der Waals surface area (Å²) >= 11 is 0. The lowest BCUT2D eigenvalue weighted by atomic mass is 10.1. The molecule has 0 aliphatic rings. The van der Waals surface area contributed by atoms with Crippen LogP contribution in [0.5, 0.6) is 5.75 Å². The number of nitrogens with zero attached hydrogens (tertiary/aromatic N) is 1. The number of aromatic nitrogens is 1. The average Bonchev–Trinajstić information content (AvgIpc) is 2.35. The molecular weight excluding hydrogens is 234 g/mol. The zero-order chi connectivity index (χ0) is 13.4. The monoisotopic (exact) mass is 247 g/mol. The number of aromatic carboxylic acids is 1. The number of fused-ring (bicyclic) bond motifs is 1. The Hall–Kier alpha value is -2.30. The lowest BCUT2D eigenvalue weighted by Gasteiger charge is -2.12. The second kappa shape index (κ2) is 4.18. The molecular formula is C13H13NO4. The van der Waals surface area contributed by atoms with Crippen LogP contribution in [0.15, 0.2) is 23.0 Å². The Balaban J connectivity index is 2.97. The molecule has 18 heavy (non-hydrogen) atoms. The second-order valence-corrected chi connectivity index (χ2v) is 4.04. The molecule has 0 fully saturated rings. The molecule has 0 unspecified atom stereocenters. The Bertz CT molecular complexity index is 700. The minimum absolute atomic E-state index is 0.185. The predicted molar refractivity (Wildman–Crippen MR) is 67.4 cm³/mol. The largest absolute Gasteiger partial charge is 0.497 e. The first-order chi connectivity index (χ1) is 8.47. The van der Waals surface area contributed by atoms with E-state index in [4.69, 9.17) is 9.84 Å². The molecule has 5 nitrogen and oxygen atoms in total. The van der Waals surface area contributed by atoms with Crippen molar-refractivity contribution in [3.05, 3.63) is 39.7 Å². The Morgan fingerprint density at radius 2 is 2.06 bits per heavy atom.